The number of rotatable bonds is 12. The molecular formula is C12H14F13NO4S. The van der Waals surface area contributed by atoms with Crippen LogP contribution in [0.5, 0.6) is 0 Å². The highest BCUT2D eigenvalue weighted by molar-refractivity contribution is 7.90. The second-order valence-electron chi connectivity index (χ2n) is 6.04. The Labute approximate surface area is 165 Å². The minimum atomic E-state index is -8.21. The van der Waals surface area contributed by atoms with Gasteiger partial charge in [0, 0.05) is 6.54 Å². The topological polar surface area (TPSA) is 86.6 Å². The van der Waals surface area contributed by atoms with E-state index in [1.165, 1.54) is 0 Å². The molecule has 0 heterocycles. The molecule has 0 aliphatic rings. The maximum atomic E-state index is 13.6. The van der Waals surface area contributed by atoms with E-state index >= 15 is 0 Å². The monoisotopic (exact) mass is 515 g/mol. The Morgan fingerprint density at radius 1 is 0.710 bits per heavy atom. The van der Waals surface area contributed by atoms with Crippen LogP contribution >= 0.6 is 0 Å². The van der Waals surface area contributed by atoms with E-state index in [-0.39, 0.29) is 12.8 Å². The highest BCUT2D eigenvalue weighted by atomic mass is 32.2. The second kappa shape index (κ2) is 9.05. The number of halogens is 13. The first kappa shape index (κ1) is 29.9. The van der Waals surface area contributed by atoms with Crippen LogP contribution in [0.4, 0.5) is 57.1 Å². The summed E-state index contributed by atoms with van der Waals surface area (Å²) in [6, 6.07) is 0. The largest absolute Gasteiger partial charge is 0.460 e. The summed E-state index contributed by atoms with van der Waals surface area (Å²) in [4.78, 5) is 0. The molecule has 1 atom stereocenters. The summed E-state index contributed by atoms with van der Waals surface area (Å²) in [5.41, 5.74) is 0. The summed E-state index contributed by atoms with van der Waals surface area (Å²) in [7, 11) is -7.03. The van der Waals surface area contributed by atoms with Gasteiger partial charge in [-0.1, -0.05) is 0 Å². The summed E-state index contributed by atoms with van der Waals surface area (Å²) in [5.74, 6) is -32.3. The average Bonchev–Trinajstić information content (AvgIpc) is 2.59. The maximum absolute atomic E-state index is 13.6. The molecule has 0 aromatic carbocycles. The van der Waals surface area contributed by atoms with Crippen molar-refractivity contribution in [3.63, 3.8) is 0 Å². The van der Waals surface area contributed by atoms with E-state index in [2.05, 4.69) is 0 Å². The number of sulfonamides is 1. The summed E-state index contributed by atoms with van der Waals surface area (Å²) in [6.07, 6.45) is -10.0. The lowest BCUT2D eigenvalue weighted by atomic mass is 9.98. The SMILES string of the molecule is O=S(=O)(NCCCCC(O)CO)C(F)(F)C(F)(F)C(F)(F)C(F)(F)C(F)(F)C(F)(F)F. The van der Waals surface area contributed by atoms with E-state index in [9.17, 15) is 65.5 Å². The summed E-state index contributed by atoms with van der Waals surface area (Å²) in [6.45, 7) is -2.02. The summed E-state index contributed by atoms with van der Waals surface area (Å²) in [5, 5.41) is 10.1. The van der Waals surface area contributed by atoms with Crippen molar-refractivity contribution in [2.24, 2.45) is 0 Å². The van der Waals surface area contributed by atoms with Gasteiger partial charge in [0.05, 0.1) is 12.7 Å². The normalized spacial score (nSPS) is 16.5. The number of hydrogen-bond donors (Lipinski definition) is 3. The molecule has 0 radical (unpaired) electrons. The number of nitrogens with one attached hydrogen (secondary N) is 1. The zero-order valence-electron chi connectivity index (χ0n) is 14.6. The molecule has 0 bridgehead atoms. The molecule has 0 fully saturated rings. The first-order valence-corrected chi connectivity index (χ1v) is 9.18. The van der Waals surface area contributed by atoms with Crippen molar-refractivity contribution in [2.75, 3.05) is 13.2 Å². The Morgan fingerprint density at radius 2 is 1.13 bits per heavy atom. The van der Waals surface area contributed by atoms with Crippen LogP contribution < -0.4 is 4.72 Å². The van der Waals surface area contributed by atoms with Crippen LogP contribution in [0.25, 0.3) is 0 Å². The molecular weight excluding hydrogens is 501 g/mol. The lowest BCUT2D eigenvalue weighted by Crippen LogP contribution is -2.71. The molecule has 0 aliphatic carbocycles. The van der Waals surface area contributed by atoms with Gasteiger partial charge in [0.2, 0.25) is 0 Å². The fourth-order valence-electron chi connectivity index (χ4n) is 1.82. The van der Waals surface area contributed by atoms with E-state index < -0.39 is 70.8 Å². The lowest BCUT2D eigenvalue weighted by molar-refractivity contribution is -0.433. The molecule has 31 heavy (non-hydrogen) atoms. The Balaban J connectivity index is 5.84. The molecule has 1 unspecified atom stereocenters. The number of hydrogen-bond acceptors (Lipinski definition) is 4. The maximum Gasteiger partial charge on any atom is 0.460 e. The van der Waals surface area contributed by atoms with Crippen LogP contribution in [0, 0.1) is 0 Å². The lowest BCUT2D eigenvalue weighted by Gasteiger charge is -2.39. The Bertz CT molecular complexity index is 708. The van der Waals surface area contributed by atoms with Crippen molar-refractivity contribution in [1.29, 1.82) is 0 Å². The molecule has 0 saturated heterocycles. The van der Waals surface area contributed by atoms with Gasteiger partial charge in [-0.2, -0.15) is 57.1 Å². The van der Waals surface area contributed by atoms with Crippen LogP contribution in [0.1, 0.15) is 19.3 Å². The fraction of sp³-hybridized carbons (Fsp3) is 1.00. The van der Waals surface area contributed by atoms with E-state index in [0.717, 1.165) is 0 Å². The van der Waals surface area contributed by atoms with Gasteiger partial charge in [0.1, 0.15) is 0 Å². The second-order valence-corrected chi connectivity index (χ2v) is 7.85. The number of aliphatic hydroxyl groups is 2. The van der Waals surface area contributed by atoms with Crippen LogP contribution in [0.3, 0.4) is 0 Å². The quantitative estimate of drug-likeness (QED) is 0.276. The average molecular weight is 515 g/mol. The zero-order chi connectivity index (χ0) is 25.3. The van der Waals surface area contributed by atoms with Crippen molar-refractivity contribution in [1.82, 2.24) is 4.72 Å². The molecule has 0 saturated carbocycles. The minimum absolute atomic E-state index is 0.266. The Morgan fingerprint density at radius 3 is 1.52 bits per heavy atom. The third-order valence-corrected chi connectivity index (χ3v) is 5.22. The molecule has 3 N–H and O–H groups in total. The van der Waals surface area contributed by atoms with Crippen LogP contribution in [0.2, 0.25) is 0 Å². The predicted molar refractivity (Wildman–Crippen MR) is 74.7 cm³/mol. The first-order valence-electron chi connectivity index (χ1n) is 7.69. The molecule has 0 aromatic heterocycles. The third kappa shape index (κ3) is 5.13. The molecule has 0 aromatic rings. The molecule has 0 amide bonds. The van der Waals surface area contributed by atoms with Crippen molar-refractivity contribution < 1.29 is 75.7 Å². The van der Waals surface area contributed by atoms with E-state index in [1.54, 1.807) is 0 Å². The van der Waals surface area contributed by atoms with Crippen LogP contribution in [-0.2, 0) is 10.0 Å². The van der Waals surface area contributed by atoms with E-state index in [4.69, 9.17) is 10.2 Å². The van der Waals surface area contributed by atoms with Crippen molar-refractivity contribution in [3.8, 4) is 0 Å². The number of alkyl halides is 13. The molecule has 0 aliphatic heterocycles. The zero-order valence-corrected chi connectivity index (χ0v) is 15.5. The minimum Gasteiger partial charge on any atom is -0.394 e. The third-order valence-electron chi connectivity index (χ3n) is 3.71. The first-order chi connectivity index (χ1) is 13.5. The van der Waals surface area contributed by atoms with Gasteiger partial charge < -0.3 is 10.2 Å². The van der Waals surface area contributed by atoms with Crippen LogP contribution in [0.15, 0.2) is 0 Å². The standard InChI is InChI=1S/C12H14F13NO4S/c13-7(14,9(17,18)11(21,22)23)8(15,16)10(19,20)12(24,25)31(29,30)26-4-2-1-3-6(28)5-27/h6,26-28H,1-5H2. The molecule has 5 nitrogen and oxygen atoms in total. The van der Waals surface area contributed by atoms with Gasteiger partial charge in [0.25, 0.3) is 10.0 Å². The molecule has 19 heteroatoms. The van der Waals surface area contributed by atoms with Crippen molar-refractivity contribution in [3.05, 3.63) is 0 Å². The Hall–Kier alpha value is -1.08. The smallest absolute Gasteiger partial charge is 0.394 e. The fourth-order valence-corrected chi connectivity index (χ4v) is 2.88. The molecule has 188 valence electrons. The van der Waals surface area contributed by atoms with E-state index in [1.807, 2.05) is 0 Å². The van der Waals surface area contributed by atoms with Gasteiger partial charge in [-0.25, -0.2) is 13.1 Å². The molecule has 0 spiro atoms. The van der Waals surface area contributed by atoms with Crippen molar-refractivity contribution in [2.45, 2.75) is 60.5 Å². The predicted octanol–water partition coefficient (Wildman–Crippen LogP) is 3.13. The van der Waals surface area contributed by atoms with Gasteiger partial charge in [-0.15, -0.1) is 0 Å². The van der Waals surface area contributed by atoms with Gasteiger partial charge in [0.15, 0.2) is 0 Å². The van der Waals surface area contributed by atoms with E-state index in [0.29, 0.717) is 4.72 Å². The summed E-state index contributed by atoms with van der Waals surface area (Å²) >= 11 is 0. The summed E-state index contributed by atoms with van der Waals surface area (Å²) < 4.78 is 191. The van der Waals surface area contributed by atoms with Crippen molar-refractivity contribution >= 4 is 10.0 Å². The number of aliphatic hydroxyl groups excluding tert-OH is 2. The van der Waals surface area contributed by atoms with Gasteiger partial charge in [-0.05, 0) is 19.3 Å². The molecule has 0 rings (SSSR count). The highest BCUT2D eigenvalue weighted by Gasteiger charge is 2.92. The van der Waals surface area contributed by atoms with Crippen LogP contribution in [-0.4, -0.2) is 73.0 Å². The van der Waals surface area contributed by atoms with Gasteiger partial charge in [-0.3, -0.25) is 0 Å². The highest BCUT2D eigenvalue weighted by Crippen LogP contribution is 2.60. The van der Waals surface area contributed by atoms with Gasteiger partial charge >= 0.3 is 35.1 Å². The Kier molecular flexibility index (Phi) is 8.73. The number of unbranched alkanes of at least 4 members (excludes halogenated alkanes) is 1.